The molecular weight excluding hydrogens is 224 g/mol. The monoisotopic (exact) mass is 234 g/mol. The zero-order chi connectivity index (χ0) is 10.2. The second kappa shape index (κ2) is 3.55. The summed E-state index contributed by atoms with van der Waals surface area (Å²) in [6.45, 7) is 0. The average molecular weight is 235 g/mol. The first-order chi connectivity index (χ1) is 6.57. The predicted octanol–water partition coefficient (Wildman–Crippen LogP) is 1.29. The number of hydrogen-bond donors (Lipinski definition) is 0. The minimum atomic E-state index is -2.87. The first-order valence-corrected chi connectivity index (χ1v) is 6.67. The Balaban J connectivity index is 2.20. The van der Waals surface area contributed by atoms with E-state index in [4.69, 9.17) is 11.6 Å². The van der Waals surface area contributed by atoms with Gasteiger partial charge in [-0.25, -0.2) is 8.42 Å². The van der Waals surface area contributed by atoms with Gasteiger partial charge < -0.3 is 0 Å². The molecule has 1 aliphatic rings. The molecular formula is C8H11ClN2O2S. The highest BCUT2D eigenvalue weighted by Gasteiger charge is 2.26. The van der Waals surface area contributed by atoms with Crippen molar-refractivity contribution in [2.24, 2.45) is 0 Å². The summed E-state index contributed by atoms with van der Waals surface area (Å²) < 4.78 is 24.4. The Morgan fingerprint density at radius 2 is 2.36 bits per heavy atom. The van der Waals surface area contributed by atoms with E-state index in [0.717, 1.165) is 6.42 Å². The van der Waals surface area contributed by atoms with Crippen molar-refractivity contribution < 1.29 is 8.42 Å². The molecule has 14 heavy (non-hydrogen) atoms. The van der Waals surface area contributed by atoms with Crippen LogP contribution in [0, 0.1) is 0 Å². The van der Waals surface area contributed by atoms with Crippen molar-refractivity contribution in [1.82, 2.24) is 9.78 Å². The predicted molar refractivity (Wildman–Crippen MR) is 54.2 cm³/mol. The SMILES string of the molecule is O=S1(=O)CCCC(n2cc(Cl)cn2)C1. The first kappa shape index (κ1) is 9.98. The van der Waals surface area contributed by atoms with Crippen LogP contribution >= 0.6 is 11.6 Å². The third kappa shape index (κ3) is 2.09. The molecule has 0 aliphatic carbocycles. The van der Waals surface area contributed by atoms with Crippen molar-refractivity contribution >= 4 is 21.4 Å². The van der Waals surface area contributed by atoms with Crippen molar-refractivity contribution in [3.8, 4) is 0 Å². The van der Waals surface area contributed by atoms with E-state index >= 15 is 0 Å². The summed E-state index contributed by atoms with van der Waals surface area (Å²) in [7, 11) is -2.87. The Bertz CT molecular complexity index is 426. The molecule has 0 radical (unpaired) electrons. The van der Waals surface area contributed by atoms with E-state index in [0.29, 0.717) is 17.2 Å². The molecule has 2 heterocycles. The average Bonchev–Trinajstić information content (AvgIpc) is 2.50. The summed E-state index contributed by atoms with van der Waals surface area (Å²) in [4.78, 5) is 0. The summed E-state index contributed by atoms with van der Waals surface area (Å²) in [6.07, 6.45) is 4.78. The van der Waals surface area contributed by atoms with E-state index in [1.807, 2.05) is 0 Å². The van der Waals surface area contributed by atoms with Crippen LogP contribution in [-0.4, -0.2) is 29.7 Å². The third-order valence-electron chi connectivity index (χ3n) is 2.38. The molecule has 78 valence electrons. The maximum atomic E-state index is 11.4. The quantitative estimate of drug-likeness (QED) is 0.736. The fourth-order valence-corrected chi connectivity index (χ4v) is 3.54. The third-order valence-corrected chi connectivity index (χ3v) is 4.38. The minimum absolute atomic E-state index is 0.0405. The summed E-state index contributed by atoms with van der Waals surface area (Å²) in [5, 5.41) is 4.57. The Kier molecular flexibility index (Phi) is 2.53. The van der Waals surface area contributed by atoms with Gasteiger partial charge in [-0.05, 0) is 12.8 Å². The van der Waals surface area contributed by atoms with Gasteiger partial charge in [0, 0.05) is 6.20 Å². The van der Waals surface area contributed by atoms with Crippen LogP contribution in [0.1, 0.15) is 18.9 Å². The van der Waals surface area contributed by atoms with Gasteiger partial charge in [-0.15, -0.1) is 0 Å². The van der Waals surface area contributed by atoms with Crippen LogP contribution in [0.15, 0.2) is 12.4 Å². The largest absolute Gasteiger partial charge is 0.267 e. The van der Waals surface area contributed by atoms with Crippen LogP contribution in [0.2, 0.25) is 5.02 Å². The number of aromatic nitrogens is 2. The van der Waals surface area contributed by atoms with Gasteiger partial charge in [0.2, 0.25) is 0 Å². The molecule has 0 amide bonds. The second-order valence-electron chi connectivity index (χ2n) is 3.55. The van der Waals surface area contributed by atoms with Gasteiger partial charge >= 0.3 is 0 Å². The number of nitrogens with zero attached hydrogens (tertiary/aromatic N) is 2. The first-order valence-electron chi connectivity index (χ1n) is 4.47. The molecule has 1 atom stereocenters. The topological polar surface area (TPSA) is 52.0 Å². The molecule has 2 rings (SSSR count). The molecule has 1 aliphatic heterocycles. The van der Waals surface area contributed by atoms with Gasteiger partial charge in [0.05, 0.1) is 28.8 Å². The molecule has 0 bridgehead atoms. The Hall–Kier alpha value is -0.550. The highest BCUT2D eigenvalue weighted by Crippen LogP contribution is 2.23. The molecule has 4 nitrogen and oxygen atoms in total. The van der Waals surface area contributed by atoms with Gasteiger partial charge in [-0.2, -0.15) is 5.10 Å². The highest BCUT2D eigenvalue weighted by molar-refractivity contribution is 7.91. The molecule has 0 spiro atoms. The summed E-state index contributed by atoms with van der Waals surface area (Å²) in [5.74, 6) is 0.490. The zero-order valence-electron chi connectivity index (χ0n) is 7.56. The van der Waals surface area contributed by atoms with E-state index in [2.05, 4.69) is 5.10 Å². The number of halogens is 1. The molecule has 1 fully saturated rings. The molecule has 1 aromatic heterocycles. The molecule has 1 saturated heterocycles. The van der Waals surface area contributed by atoms with Crippen molar-refractivity contribution in [2.45, 2.75) is 18.9 Å². The molecule has 0 saturated carbocycles. The number of rotatable bonds is 1. The smallest absolute Gasteiger partial charge is 0.152 e. The second-order valence-corrected chi connectivity index (χ2v) is 6.21. The van der Waals surface area contributed by atoms with Gasteiger partial charge in [-0.3, -0.25) is 4.68 Å². The van der Waals surface area contributed by atoms with Crippen LogP contribution in [0.25, 0.3) is 0 Å². The fourth-order valence-electron chi connectivity index (χ4n) is 1.72. The van der Waals surface area contributed by atoms with Crippen LogP contribution in [-0.2, 0) is 9.84 Å². The maximum absolute atomic E-state index is 11.4. The lowest BCUT2D eigenvalue weighted by atomic mass is 10.2. The standard InChI is InChI=1S/C8H11ClN2O2S/c9-7-4-10-11(5-7)8-2-1-3-14(12,13)6-8/h4-5,8H,1-3,6H2. The molecule has 0 N–H and O–H groups in total. The van der Waals surface area contributed by atoms with E-state index in [9.17, 15) is 8.42 Å². The summed E-state index contributed by atoms with van der Waals surface area (Å²) >= 11 is 5.72. The van der Waals surface area contributed by atoms with E-state index in [1.54, 1.807) is 10.9 Å². The molecule has 1 unspecified atom stereocenters. The fraction of sp³-hybridized carbons (Fsp3) is 0.625. The van der Waals surface area contributed by atoms with Crippen molar-refractivity contribution in [3.05, 3.63) is 17.4 Å². The van der Waals surface area contributed by atoms with Crippen molar-refractivity contribution in [3.63, 3.8) is 0 Å². The summed E-state index contributed by atoms with van der Waals surface area (Å²) in [6, 6.07) is -0.0405. The van der Waals surface area contributed by atoms with E-state index < -0.39 is 9.84 Å². The lowest BCUT2D eigenvalue weighted by molar-refractivity contribution is 0.435. The van der Waals surface area contributed by atoms with Crippen LogP contribution < -0.4 is 0 Å². The van der Waals surface area contributed by atoms with Crippen LogP contribution in [0.4, 0.5) is 0 Å². The minimum Gasteiger partial charge on any atom is -0.267 e. The molecule has 0 aromatic carbocycles. The Labute approximate surface area is 87.8 Å². The van der Waals surface area contributed by atoms with E-state index in [-0.39, 0.29) is 11.8 Å². The Morgan fingerprint density at radius 1 is 1.57 bits per heavy atom. The van der Waals surface area contributed by atoms with Gasteiger partial charge in [0.15, 0.2) is 9.84 Å². The lowest BCUT2D eigenvalue weighted by Crippen LogP contribution is -2.27. The van der Waals surface area contributed by atoms with Gasteiger partial charge in [0.25, 0.3) is 0 Å². The van der Waals surface area contributed by atoms with E-state index in [1.165, 1.54) is 6.20 Å². The van der Waals surface area contributed by atoms with Crippen LogP contribution in [0.3, 0.4) is 0 Å². The highest BCUT2D eigenvalue weighted by atomic mass is 35.5. The zero-order valence-corrected chi connectivity index (χ0v) is 9.13. The van der Waals surface area contributed by atoms with Crippen LogP contribution in [0.5, 0.6) is 0 Å². The van der Waals surface area contributed by atoms with Gasteiger partial charge in [0.1, 0.15) is 0 Å². The molecule has 6 heteroatoms. The summed E-state index contributed by atoms with van der Waals surface area (Å²) in [5.41, 5.74) is 0. The molecule has 1 aromatic rings. The lowest BCUT2D eigenvalue weighted by Gasteiger charge is -2.21. The Morgan fingerprint density at radius 3 is 2.93 bits per heavy atom. The normalized spacial score (nSPS) is 26.2. The maximum Gasteiger partial charge on any atom is 0.152 e. The number of hydrogen-bond acceptors (Lipinski definition) is 3. The number of sulfone groups is 1. The van der Waals surface area contributed by atoms with Gasteiger partial charge in [-0.1, -0.05) is 11.6 Å². The van der Waals surface area contributed by atoms with Crippen molar-refractivity contribution in [1.29, 1.82) is 0 Å². The van der Waals surface area contributed by atoms with Crippen molar-refractivity contribution in [2.75, 3.05) is 11.5 Å².